The topological polar surface area (TPSA) is 68.5 Å². The molecule has 3 rings (SSSR count). The largest absolute Gasteiger partial charge is 0.496 e. The predicted octanol–water partition coefficient (Wildman–Crippen LogP) is 3.95. The number of carbonyl (C=O) groups excluding carboxylic acids is 1. The summed E-state index contributed by atoms with van der Waals surface area (Å²) in [6.45, 7) is 4.29. The second kappa shape index (κ2) is 8.69. The zero-order chi connectivity index (χ0) is 20.1. The van der Waals surface area contributed by atoms with Crippen molar-refractivity contribution in [3.8, 4) is 17.1 Å². The van der Waals surface area contributed by atoms with Gasteiger partial charge in [-0.05, 0) is 43.0 Å². The van der Waals surface area contributed by atoms with Gasteiger partial charge in [0.15, 0.2) is 0 Å². The number of carbonyl (C=O) groups is 1. The third-order valence-corrected chi connectivity index (χ3v) is 4.74. The Morgan fingerprint density at radius 3 is 2.64 bits per heavy atom. The zero-order valence-corrected chi connectivity index (χ0v) is 16.7. The van der Waals surface area contributed by atoms with E-state index >= 15 is 0 Å². The first-order valence-electron chi connectivity index (χ1n) is 9.24. The van der Waals surface area contributed by atoms with E-state index in [9.17, 15) is 4.79 Å². The molecule has 0 aliphatic heterocycles. The number of benzene rings is 2. The number of aromatic nitrogens is 2. The number of nitrogens with zero attached hydrogens (tertiary/aromatic N) is 3. The lowest BCUT2D eigenvalue weighted by Crippen LogP contribution is -2.26. The van der Waals surface area contributed by atoms with Crippen molar-refractivity contribution in [2.45, 2.75) is 33.2 Å². The highest BCUT2D eigenvalue weighted by atomic mass is 16.5. The van der Waals surface area contributed by atoms with Crippen molar-refractivity contribution in [1.82, 2.24) is 15.0 Å². The number of aryl methyl sites for hydroxylation is 3. The summed E-state index contributed by atoms with van der Waals surface area (Å²) < 4.78 is 10.6. The summed E-state index contributed by atoms with van der Waals surface area (Å²) in [4.78, 5) is 18.5. The van der Waals surface area contributed by atoms with Gasteiger partial charge in [0.2, 0.25) is 17.6 Å². The minimum atomic E-state index is 0.0316. The van der Waals surface area contributed by atoms with Gasteiger partial charge in [-0.25, -0.2) is 0 Å². The van der Waals surface area contributed by atoms with Crippen LogP contribution in [0.1, 0.15) is 29.0 Å². The summed E-state index contributed by atoms with van der Waals surface area (Å²) in [7, 11) is 3.40. The first-order valence-corrected chi connectivity index (χ1v) is 9.24. The molecule has 0 unspecified atom stereocenters. The monoisotopic (exact) mass is 379 g/mol. The zero-order valence-electron chi connectivity index (χ0n) is 16.7. The van der Waals surface area contributed by atoms with E-state index in [1.807, 2.05) is 50.2 Å². The molecule has 0 atom stereocenters. The van der Waals surface area contributed by atoms with E-state index in [0.29, 0.717) is 31.1 Å². The van der Waals surface area contributed by atoms with E-state index in [4.69, 9.17) is 9.26 Å². The molecule has 0 saturated heterocycles. The molecule has 3 aromatic rings. The van der Waals surface area contributed by atoms with Gasteiger partial charge in [-0.15, -0.1) is 0 Å². The Labute approximate surface area is 165 Å². The number of methoxy groups -OCH3 is 1. The molecular formula is C22H25N3O3. The molecule has 1 aromatic heterocycles. The van der Waals surface area contributed by atoms with Gasteiger partial charge in [0.05, 0.1) is 13.7 Å². The van der Waals surface area contributed by atoms with E-state index in [1.54, 1.807) is 19.1 Å². The SMILES string of the molecule is COc1ccc(CCC(=O)N(C)Cc2nc(-c3ccccc3C)no2)cc1C. The van der Waals surface area contributed by atoms with Crippen LogP contribution >= 0.6 is 0 Å². The summed E-state index contributed by atoms with van der Waals surface area (Å²) in [6.07, 6.45) is 1.09. The molecule has 0 fully saturated rings. The Morgan fingerprint density at radius 2 is 1.93 bits per heavy atom. The van der Waals surface area contributed by atoms with Crippen LogP contribution < -0.4 is 4.74 Å². The molecule has 0 saturated carbocycles. The van der Waals surface area contributed by atoms with Crippen molar-refractivity contribution < 1.29 is 14.1 Å². The standard InChI is InChI=1S/C22H25N3O3/c1-15-7-5-6-8-18(15)22-23-20(28-24-22)14-25(3)21(26)12-10-17-9-11-19(27-4)16(2)13-17/h5-9,11,13H,10,12,14H2,1-4H3. The number of ether oxygens (including phenoxy) is 1. The van der Waals surface area contributed by atoms with Gasteiger partial charge in [0.1, 0.15) is 5.75 Å². The molecule has 6 nitrogen and oxygen atoms in total. The number of hydrogen-bond acceptors (Lipinski definition) is 5. The first-order chi connectivity index (χ1) is 13.5. The van der Waals surface area contributed by atoms with Crippen LogP contribution in [0.2, 0.25) is 0 Å². The summed E-state index contributed by atoms with van der Waals surface area (Å²) in [5, 5.41) is 4.04. The van der Waals surface area contributed by atoms with Gasteiger partial charge >= 0.3 is 0 Å². The van der Waals surface area contributed by atoms with Crippen molar-refractivity contribution in [3.05, 3.63) is 65.0 Å². The lowest BCUT2D eigenvalue weighted by Gasteiger charge is -2.15. The van der Waals surface area contributed by atoms with Gasteiger partial charge in [-0.1, -0.05) is 41.6 Å². The van der Waals surface area contributed by atoms with Crippen LogP contribution in [-0.2, 0) is 17.8 Å². The molecule has 2 aromatic carbocycles. The van der Waals surface area contributed by atoms with Gasteiger partial charge in [-0.2, -0.15) is 4.98 Å². The molecular weight excluding hydrogens is 354 g/mol. The lowest BCUT2D eigenvalue weighted by molar-refractivity contribution is -0.130. The van der Waals surface area contributed by atoms with Gasteiger partial charge < -0.3 is 14.2 Å². The molecule has 0 aliphatic carbocycles. The molecule has 0 spiro atoms. The lowest BCUT2D eigenvalue weighted by atomic mass is 10.1. The quantitative estimate of drug-likeness (QED) is 0.622. The molecule has 0 radical (unpaired) electrons. The highest BCUT2D eigenvalue weighted by molar-refractivity contribution is 5.76. The number of hydrogen-bond donors (Lipinski definition) is 0. The van der Waals surface area contributed by atoms with Crippen LogP contribution in [-0.4, -0.2) is 35.1 Å². The second-order valence-corrected chi connectivity index (χ2v) is 6.88. The Bertz CT molecular complexity index is 965. The second-order valence-electron chi connectivity index (χ2n) is 6.88. The van der Waals surface area contributed by atoms with Crippen molar-refractivity contribution in [2.24, 2.45) is 0 Å². The van der Waals surface area contributed by atoms with Gasteiger partial charge in [-0.3, -0.25) is 4.79 Å². The number of rotatable bonds is 7. The van der Waals surface area contributed by atoms with Gasteiger partial charge in [0.25, 0.3) is 0 Å². The molecule has 0 aliphatic rings. The predicted molar refractivity (Wildman–Crippen MR) is 107 cm³/mol. The molecule has 1 heterocycles. The third-order valence-electron chi connectivity index (χ3n) is 4.74. The van der Waals surface area contributed by atoms with Crippen LogP contribution in [0.25, 0.3) is 11.4 Å². The van der Waals surface area contributed by atoms with E-state index in [-0.39, 0.29) is 5.91 Å². The molecule has 1 amide bonds. The normalized spacial score (nSPS) is 10.7. The summed E-state index contributed by atoms with van der Waals surface area (Å²) in [6, 6.07) is 13.8. The van der Waals surface area contributed by atoms with Crippen LogP contribution in [0.3, 0.4) is 0 Å². The smallest absolute Gasteiger partial charge is 0.246 e. The first kappa shape index (κ1) is 19.6. The third kappa shape index (κ3) is 4.57. The van der Waals surface area contributed by atoms with Crippen LogP contribution in [0.15, 0.2) is 47.0 Å². The Hall–Kier alpha value is -3.15. The average molecular weight is 379 g/mol. The average Bonchev–Trinajstić information content (AvgIpc) is 3.14. The minimum absolute atomic E-state index is 0.0316. The van der Waals surface area contributed by atoms with Crippen molar-refractivity contribution >= 4 is 5.91 Å². The van der Waals surface area contributed by atoms with Crippen LogP contribution in [0.5, 0.6) is 5.75 Å². The van der Waals surface area contributed by atoms with Crippen molar-refractivity contribution in [1.29, 1.82) is 0 Å². The fourth-order valence-corrected chi connectivity index (χ4v) is 3.08. The van der Waals surface area contributed by atoms with E-state index in [1.165, 1.54) is 0 Å². The molecule has 0 bridgehead atoms. The Balaban J connectivity index is 1.57. The fourth-order valence-electron chi connectivity index (χ4n) is 3.08. The highest BCUT2D eigenvalue weighted by Gasteiger charge is 2.15. The maximum atomic E-state index is 12.5. The molecule has 0 N–H and O–H groups in total. The van der Waals surface area contributed by atoms with Gasteiger partial charge in [0, 0.05) is 19.0 Å². The van der Waals surface area contributed by atoms with Crippen molar-refractivity contribution in [2.75, 3.05) is 14.2 Å². The van der Waals surface area contributed by atoms with Crippen molar-refractivity contribution in [3.63, 3.8) is 0 Å². The summed E-state index contributed by atoms with van der Waals surface area (Å²) >= 11 is 0. The maximum absolute atomic E-state index is 12.5. The Morgan fingerprint density at radius 1 is 1.14 bits per heavy atom. The molecule has 146 valence electrons. The summed E-state index contributed by atoms with van der Waals surface area (Å²) in [5.74, 6) is 1.86. The van der Waals surface area contributed by atoms with E-state index in [2.05, 4.69) is 16.2 Å². The maximum Gasteiger partial charge on any atom is 0.246 e. The summed E-state index contributed by atoms with van der Waals surface area (Å²) in [5.41, 5.74) is 4.19. The van der Waals surface area contributed by atoms with E-state index in [0.717, 1.165) is 28.0 Å². The minimum Gasteiger partial charge on any atom is -0.496 e. The molecule has 6 heteroatoms. The molecule has 28 heavy (non-hydrogen) atoms. The Kier molecular flexibility index (Phi) is 6.09. The highest BCUT2D eigenvalue weighted by Crippen LogP contribution is 2.21. The van der Waals surface area contributed by atoms with Crippen LogP contribution in [0, 0.1) is 13.8 Å². The fraction of sp³-hybridized carbons (Fsp3) is 0.318. The van der Waals surface area contributed by atoms with Crippen LogP contribution in [0.4, 0.5) is 0 Å². The van der Waals surface area contributed by atoms with E-state index < -0.39 is 0 Å². The number of amides is 1.